The van der Waals surface area contributed by atoms with E-state index in [-0.39, 0.29) is 6.10 Å². The molecule has 1 N–H and O–H groups in total. The van der Waals surface area contributed by atoms with Crippen molar-refractivity contribution < 1.29 is 14.2 Å². The third-order valence-corrected chi connectivity index (χ3v) is 6.09. The summed E-state index contributed by atoms with van der Waals surface area (Å²) in [5, 5.41) is 3.50. The minimum Gasteiger partial charge on any atom is -0.497 e. The highest BCUT2D eigenvalue weighted by molar-refractivity contribution is 5.80. The first-order valence-electron chi connectivity index (χ1n) is 10.8. The summed E-state index contributed by atoms with van der Waals surface area (Å²) in [5.41, 5.74) is 2.40. The minimum absolute atomic E-state index is 0.200. The van der Waals surface area contributed by atoms with Gasteiger partial charge in [0.05, 0.1) is 33.0 Å². The summed E-state index contributed by atoms with van der Waals surface area (Å²) >= 11 is 0. The van der Waals surface area contributed by atoms with Gasteiger partial charge in [0, 0.05) is 51.4 Å². The molecule has 0 aliphatic carbocycles. The minimum atomic E-state index is 0.200. The number of hydrogen-bond donors (Lipinski definition) is 1. The van der Waals surface area contributed by atoms with Crippen LogP contribution in [0.1, 0.15) is 11.1 Å². The van der Waals surface area contributed by atoms with Crippen LogP contribution in [-0.4, -0.2) is 75.4 Å². The lowest BCUT2D eigenvalue weighted by Crippen LogP contribution is -2.50. The maximum Gasteiger partial charge on any atom is 0.194 e. The third kappa shape index (κ3) is 4.94. The standard InChI is InChI=1S/C24H32N4O3/c1-25-24(26-14-19-9-10-20(29-2)13-22(19)30-3)28-16-21-23(17-28)31-12-11-27(21)15-18-7-5-4-6-8-18/h4-10,13,21,23H,11-12,14-17H2,1-3H3,(H,25,26). The molecule has 2 aromatic rings. The van der Waals surface area contributed by atoms with Crippen molar-refractivity contribution in [2.75, 3.05) is 47.5 Å². The molecular formula is C24H32N4O3. The molecule has 0 amide bonds. The first kappa shape index (κ1) is 21.5. The van der Waals surface area contributed by atoms with Gasteiger partial charge < -0.3 is 24.4 Å². The summed E-state index contributed by atoms with van der Waals surface area (Å²) in [6.07, 6.45) is 0.200. The Hall–Kier alpha value is -2.77. The number of nitrogens with zero attached hydrogens (tertiary/aromatic N) is 3. The smallest absolute Gasteiger partial charge is 0.194 e. The molecule has 7 heteroatoms. The van der Waals surface area contributed by atoms with Crippen molar-refractivity contribution >= 4 is 5.96 Å². The van der Waals surface area contributed by atoms with E-state index in [1.807, 2.05) is 25.2 Å². The van der Waals surface area contributed by atoms with Crippen molar-refractivity contribution in [3.63, 3.8) is 0 Å². The van der Waals surface area contributed by atoms with Crippen molar-refractivity contribution in [1.82, 2.24) is 15.1 Å². The number of likely N-dealkylation sites (tertiary alicyclic amines) is 1. The molecule has 2 aliphatic heterocycles. The van der Waals surface area contributed by atoms with E-state index in [9.17, 15) is 0 Å². The van der Waals surface area contributed by atoms with E-state index >= 15 is 0 Å². The van der Waals surface area contributed by atoms with Gasteiger partial charge in [-0.05, 0) is 17.7 Å². The summed E-state index contributed by atoms with van der Waals surface area (Å²) in [5.74, 6) is 2.47. The van der Waals surface area contributed by atoms with Gasteiger partial charge in [-0.25, -0.2) is 0 Å². The summed E-state index contributed by atoms with van der Waals surface area (Å²) in [6.45, 7) is 5.05. The third-order valence-electron chi connectivity index (χ3n) is 6.09. The van der Waals surface area contributed by atoms with Gasteiger partial charge in [-0.2, -0.15) is 0 Å². The number of morpholine rings is 1. The molecule has 2 unspecified atom stereocenters. The van der Waals surface area contributed by atoms with Gasteiger partial charge in [0.15, 0.2) is 5.96 Å². The number of guanidine groups is 1. The lowest BCUT2D eigenvalue weighted by Gasteiger charge is -2.36. The van der Waals surface area contributed by atoms with Crippen LogP contribution < -0.4 is 14.8 Å². The van der Waals surface area contributed by atoms with E-state index < -0.39 is 0 Å². The molecule has 2 fully saturated rings. The largest absolute Gasteiger partial charge is 0.497 e. The molecule has 0 aromatic heterocycles. The zero-order chi connectivity index (χ0) is 21.6. The van der Waals surface area contributed by atoms with Gasteiger partial charge in [-0.15, -0.1) is 0 Å². The Morgan fingerprint density at radius 1 is 1.13 bits per heavy atom. The van der Waals surface area contributed by atoms with E-state index in [0.29, 0.717) is 12.6 Å². The van der Waals surface area contributed by atoms with Crippen LogP contribution in [0.5, 0.6) is 11.5 Å². The van der Waals surface area contributed by atoms with Crippen LogP contribution >= 0.6 is 0 Å². The van der Waals surface area contributed by atoms with Gasteiger partial charge in [0.25, 0.3) is 0 Å². The van der Waals surface area contributed by atoms with Crippen molar-refractivity contribution in [3.05, 3.63) is 59.7 Å². The fraction of sp³-hybridized carbons (Fsp3) is 0.458. The summed E-state index contributed by atoms with van der Waals surface area (Å²) in [7, 11) is 5.17. The summed E-state index contributed by atoms with van der Waals surface area (Å²) in [4.78, 5) is 9.38. The van der Waals surface area contributed by atoms with Crippen molar-refractivity contribution in [3.8, 4) is 11.5 Å². The molecule has 2 atom stereocenters. The molecule has 7 nitrogen and oxygen atoms in total. The van der Waals surface area contributed by atoms with Crippen LogP contribution in [0.25, 0.3) is 0 Å². The molecular weight excluding hydrogens is 392 g/mol. The maximum atomic E-state index is 6.12. The zero-order valence-electron chi connectivity index (χ0n) is 18.6. The molecule has 0 bridgehead atoms. The number of benzene rings is 2. The first-order chi connectivity index (χ1) is 15.2. The maximum absolute atomic E-state index is 6.12. The van der Waals surface area contributed by atoms with E-state index in [4.69, 9.17) is 14.2 Å². The van der Waals surface area contributed by atoms with Crippen LogP contribution in [0.4, 0.5) is 0 Å². The second kappa shape index (κ2) is 10.0. The van der Waals surface area contributed by atoms with Crippen LogP contribution in [0, 0.1) is 0 Å². The number of hydrogen-bond acceptors (Lipinski definition) is 5. The summed E-state index contributed by atoms with van der Waals surface area (Å²) in [6, 6.07) is 16.9. The van der Waals surface area contributed by atoms with Crippen molar-refractivity contribution in [2.24, 2.45) is 4.99 Å². The molecule has 0 spiro atoms. The number of rotatable bonds is 6. The second-order valence-electron chi connectivity index (χ2n) is 7.92. The molecule has 0 saturated carbocycles. The number of methoxy groups -OCH3 is 2. The summed E-state index contributed by atoms with van der Waals surface area (Å²) < 4.78 is 16.9. The van der Waals surface area contributed by atoms with Crippen molar-refractivity contribution in [2.45, 2.75) is 25.2 Å². The normalized spacial score (nSPS) is 21.6. The van der Waals surface area contributed by atoms with E-state index in [0.717, 1.165) is 55.8 Å². The number of fused-ring (bicyclic) bond motifs is 1. The highest BCUT2D eigenvalue weighted by Gasteiger charge is 2.41. The van der Waals surface area contributed by atoms with Crippen LogP contribution in [-0.2, 0) is 17.8 Å². The van der Waals surface area contributed by atoms with Gasteiger partial charge in [0.2, 0.25) is 0 Å². The molecule has 2 aromatic carbocycles. The lowest BCUT2D eigenvalue weighted by atomic mass is 10.1. The Labute approximate surface area is 184 Å². The number of aliphatic imine (C=N–C) groups is 1. The molecule has 0 radical (unpaired) electrons. The molecule has 2 heterocycles. The van der Waals surface area contributed by atoms with Gasteiger partial charge >= 0.3 is 0 Å². The van der Waals surface area contributed by atoms with Gasteiger partial charge in [0.1, 0.15) is 11.5 Å². The van der Waals surface area contributed by atoms with E-state index in [1.165, 1.54) is 5.56 Å². The lowest BCUT2D eigenvalue weighted by molar-refractivity contribution is -0.0502. The quantitative estimate of drug-likeness (QED) is 0.568. The zero-order valence-corrected chi connectivity index (χ0v) is 18.6. The Morgan fingerprint density at radius 2 is 1.97 bits per heavy atom. The number of ether oxygens (including phenoxy) is 3. The topological polar surface area (TPSA) is 58.6 Å². The average Bonchev–Trinajstić information content (AvgIpc) is 3.25. The Kier molecular flexibility index (Phi) is 6.94. The Bertz CT molecular complexity index is 890. The second-order valence-corrected chi connectivity index (χ2v) is 7.92. The predicted molar refractivity (Wildman–Crippen MR) is 122 cm³/mol. The van der Waals surface area contributed by atoms with E-state index in [2.05, 4.69) is 50.4 Å². The molecule has 2 saturated heterocycles. The van der Waals surface area contributed by atoms with Crippen LogP contribution in [0.2, 0.25) is 0 Å². The van der Waals surface area contributed by atoms with Crippen LogP contribution in [0.3, 0.4) is 0 Å². The SMILES string of the molecule is CN=C(NCc1ccc(OC)cc1OC)N1CC2OCCN(Cc3ccccc3)C2C1. The molecule has 166 valence electrons. The first-order valence-corrected chi connectivity index (χ1v) is 10.8. The highest BCUT2D eigenvalue weighted by Crippen LogP contribution is 2.26. The molecule has 4 rings (SSSR count). The predicted octanol–water partition coefficient (Wildman–Crippen LogP) is 2.36. The number of nitrogens with one attached hydrogen (secondary N) is 1. The average molecular weight is 425 g/mol. The van der Waals surface area contributed by atoms with Crippen LogP contribution in [0.15, 0.2) is 53.5 Å². The fourth-order valence-corrected chi connectivity index (χ4v) is 4.45. The molecule has 2 aliphatic rings. The van der Waals surface area contributed by atoms with Gasteiger partial charge in [-0.1, -0.05) is 30.3 Å². The monoisotopic (exact) mass is 424 g/mol. The van der Waals surface area contributed by atoms with Crippen molar-refractivity contribution in [1.29, 1.82) is 0 Å². The Morgan fingerprint density at radius 3 is 2.71 bits per heavy atom. The fourth-order valence-electron chi connectivity index (χ4n) is 4.45. The highest BCUT2D eigenvalue weighted by atomic mass is 16.5. The van der Waals surface area contributed by atoms with E-state index in [1.54, 1.807) is 14.2 Å². The Balaban J connectivity index is 1.40. The molecule has 31 heavy (non-hydrogen) atoms. The van der Waals surface area contributed by atoms with Gasteiger partial charge in [-0.3, -0.25) is 9.89 Å².